The maximum atomic E-state index is 5.90. The lowest BCUT2D eigenvalue weighted by molar-refractivity contribution is 0.922. The van der Waals surface area contributed by atoms with E-state index in [4.69, 9.17) is 11.6 Å². The van der Waals surface area contributed by atoms with Gasteiger partial charge in [0, 0.05) is 24.5 Å². The molecule has 1 aliphatic heterocycles. The molecule has 19 heavy (non-hydrogen) atoms. The Morgan fingerprint density at radius 2 is 1.68 bits per heavy atom. The summed E-state index contributed by atoms with van der Waals surface area (Å²) in [6.45, 7) is 4.27. The Bertz CT molecular complexity index is 555. The second-order valence-corrected chi connectivity index (χ2v) is 5.11. The molecule has 100 valence electrons. The quantitative estimate of drug-likeness (QED) is 0.809. The van der Waals surface area contributed by atoms with Crippen LogP contribution in [0.5, 0.6) is 0 Å². The van der Waals surface area contributed by atoms with Crippen LogP contribution in [0.25, 0.3) is 5.69 Å². The number of rotatable bonds is 3. The maximum Gasteiger partial charge on any atom is 0.152 e. The molecule has 0 bridgehead atoms. The van der Waals surface area contributed by atoms with Gasteiger partial charge in [0.05, 0.1) is 5.88 Å². The average Bonchev–Trinajstić information content (AvgIpc) is 3.08. The largest absolute Gasteiger partial charge is 0.372 e. The lowest BCUT2D eigenvalue weighted by Crippen LogP contribution is -2.17. The zero-order chi connectivity index (χ0) is 13.2. The van der Waals surface area contributed by atoms with Gasteiger partial charge in [0.1, 0.15) is 5.82 Å². The molecular weight excluding hydrogens is 260 g/mol. The monoisotopic (exact) mass is 276 g/mol. The van der Waals surface area contributed by atoms with Crippen molar-refractivity contribution in [2.75, 3.05) is 18.0 Å². The second kappa shape index (κ2) is 5.21. The summed E-state index contributed by atoms with van der Waals surface area (Å²) in [6.07, 6.45) is 2.59. The molecule has 0 N–H and O–H groups in total. The summed E-state index contributed by atoms with van der Waals surface area (Å²) in [6, 6.07) is 8.55. The predicted molar refractivity (Wildman–Crippen MR) is 77.1 cm³/mol. The molecule has 0 aliphatic carbocycles. The van der Waals surface area contributed by atoms with Gasteiger partial charge in [0.15, 0.2) is 5.82 Å². The van der Waals surface area contributed by atoms with Crippen molar-refractivity contribution in [1.82, 2.24) is 14.8 Å². The van der Waals surface area contributed by atoms with Crippen molar-refractivity contribution in [1.29, 1.82) is 0 Å². The number of halogens is 1. The summed E-state index contributed by atoms with van der Waals surface area (Å²) in [5, 5.41) is 8.16. The number of nitrogens with zero attached hydrogens (tertiary/aromatic N) is 4. The molecule has 3 rings (SSSR count). The van der Waals surface area contributed by atoms with Crippen LogP contribution in [0, 0.1) is 6.92 Å². The third kappa shape index (κ3) is 2.32. The highest BCUT2D eigenvalue weighted by molar-refractivity contribution is 6.16. The van der Waals surface area contributed by atoms with Gasteiger partial charge in [-0.3, -0.25) is 4.57 Å². The van der Waals surface area contributed by atoms with Crippen LogP contribution in [0.1, 0.15) is 24.5 Å². The molecule has 0 spiro atoms. The summed E-state index contributed by atoms with van der Waals surface area (Å²) in [4.78, 5) is 2.42. The van der Waals surface area contributed by atoms with Gasteiger partial charge in [0.25, 0.3) is 0 Å². The highest BCUT2D eigenvalue weighted by Gasteiger charge is 2.13. The van der Waals surface area contributed by atoms with E-state index in [0.29, 0.717) is 5.88 Å². The summed E-state index contributed by atoms with van der Waals surface area (Å²) >= 11 is 5.90. The molecule has 0 unspecified atom stereocenters. The van der Waals surface area contributed by atoms with Gasteiger partial charge in [-0.1, -0.05) is 0 Å². The van der Waals surface area contributed by atoms with Crippen molar-refractivity contribution >= 4 is 17.3 Å². The molecule has 4 nitrogen and oxygen atoms in total. The van der Waals surface area contributed by atoms with Gasteiger partial charge in [-0.15, -0.1) is 21.8 Å². The zero-order valence-corrected chi connectivity index (χ0v) is 11.8. The van der Waals surface area contributed by atoms with Gasteiger partial charge in [-0.05, 0) is 44.0 Å². The first kappa shape index (κ1) is 12.5. The first-order chi connectivity index (χ1) is 9.29. The van der Waals surface area contributed by atoms with Gasteiger partial charge in [0.2, 0.25) is 0 Å². The van der Waals surface area contributed by atoms with Crippen molar-refractivity contribution in [3.63, 3.8) is 0 Å². The third-order valence-corrected chi connectivity index (χ3v) is 3.83. The molecule has 2 aromatic rings. The number of benzene rings is 1. The molecule has 0 amide bonds. The molecule has 1 saturated heterocycles. The van der Waals surface area contributed by atoms with Crippen LogP contribution in [-0.4, -0.2) is 27.9 Å². The van der Waals surface area contributed by atoms with E-state index in [1.807, 2.05) is 11.5 Å². The number of aromatic nitrogens is 3. The van der Waals surface area contributed by atoms with Crippen molar-refractivity contribution in [3.05, 3.63) is 35.9 Å². The third-order valence-electron chi connectivity index (χ3n) is 3.59. The van der Waals surface area contributed by atoms with Crippen LogP contribution in [0.3, 0.4) is 0 Å². The lowest BCUT2D eigenvalue weighted by Gasteiger charge is -2.18. The minimum atomic E-state index is 0.370. The van der Waals surface area contributed by atoms with Crippen molar-refractivity contribution in [2.24, 2.45) is 0 Å². The van der Waals surface area contributed by atoms with Gasteiger partial charge in [-0.2, -0.15) is 0 Å². The van der Waals surface area contributed by atoms with Crippen LogP contribution >= 0.6 is 11.6 Å². The number of hydrogen-bond donors (Lipinski definition) is 0. The Balaban J connectivity index is 1.91. The molecule has 0 atom stereocenters. The Labute approximate surface area is 118 Å². The first-order valence-corrected chi connectivity index (χ1v) is 7.15. The standard InChI is InChI=1S/C14H17ClN4/c1-11-16-17-14(10-15)19(11)13-6-4-12(5-7-13)18-8-2-3-9-18/h4-7H,2-3,8-10H2,1H3. The van der Waals surface area contributed by atoms with E-state index in [1.54, 1.807) is 0 Å². The second-order valence-electron chi connectivity index (χ2n) is 4.84. The Hall–Kier alpha value is -1.55. The SMILES string of the molecule is Cc1nnc(CCl)n1-c1ccc(N2CCCC2)cc1. The Morgan fingerprint density at radius 1 is 1.05 bits per heavy atom. The van der Waals surface area contributed by atoms with E-state index in [2.05, 4.69) is 39.4 Å². The minimum Gasteiger partial charge on any atom is -0.372 e. The first-order valence-electron chi connectivity index (χ1n) is 6.62. The number of alkyl halides is 1. The maximum absolute atomic E-state index is 5.90. The fourth-order valence-corrected chi connectivity index (χ4v) is 2.79. The fourth-order valence-electron chi connectivity index (χ4n) is 2.62. The van der Waals surface area contributed by atoms with Crippen molar-refractivity contribution in [2.45, 2.75) is 25.6 Å². The average molecular weight is 277 g/mol. The smallest absolute Gasteiger partial charge is 0.152 e. The van der Waals surface area contributed by atoms with Crippen LogP contribution in [0.15, 0.2) is 24.3 Å². The normalized spacial score (nSPS) is 15.2. The highest BCUT2D eigenvalue weighted by Crippen LogP contribution is 2.22. The van der Waals surface area contributed by atoms with Crippen LogP contribution in [0.2, 0.25) is 0 Å². The molecule has 0 radical (unpaired) electrons. The Morgan fingerprint density at radius 3 is 2.32 bits per heavy atom. The van der Waals surface area contributed by atoms with E-state index < -0.39 is 0 Å². The van der Waals surface area contributed by atoms with Crippen LogP contribution in [-0.2, 0) is 5.88 Å². The lowest BCUT2D eigenvalue weighted by atomic mass is 10.2. The van der Waals surface area contributed by atoms with Crippen LogP contribution in [0.4, 0.5) is 5.69 Å². The molecule has 2 heterocycles. The van der Waals surface area contributed by atoms with Crippen LogP contribution < -0.4 is 4.90 Å². The number of anilines is 1. The summed E-state index contributed by atoms with van der Waals surface area (Å²) in [5.41, 5.74) is 2.36. The van der Waals surface area contributed by atoms with E-state index in [9.17, 15) is 0 Å². The van der Waals surface area contributed by atoms with Gasteiger partial charge < -0.3 is 4.90 Å². The molecule has 1 fully saturated rings. The van der Waals surface area contributed by atoms with Crippen molar-refractivity contribution < 1.29 is 0 Å². The van der Waals surface area contributed by atoms with Gasteiger partial charge >= 0.3 is 0 Å². The fraction of sp³-hybridized carbons (Fsp3) is 0.429. The Kier molecular flexibility index (Phi) is 3.42. The molecular formula is C14H17ClN4. The molecule has 1 aromatic heterocycles. The van der Waals surface area contributed by atoms with E-state index in [-0.39, 0.29) is 0 Å². The topological polar surface area (TPSA) is 34.0 Å². The number of hydrogen-bond acceptors (Lipinski definition) is 3. The van der Waals surface area contributed by atoms with E-state index in [0.717, 1.165) is 30.4 Å². The van der Waals surface area contributed by atoms with E-state index >= 15 is 0 Å². The minimum absolute atomic E-state index is 0.370. The summed E-state index contributed by atoms with van der Waals surface area (Å²) in [7, 11) is 0. The molecule has 1 aliphatic rings. The zero-order valence-electron chi connectivity index (χ0n) is 11.0. The molecule has 0 saturated carbocycles. The predicted octanol–water partition coefficient (Wildman–Crippen LogP) is 2.91. The van der Waals surface area contributed by atoms with Gasteiger partial charge in [-0.25, -0.2) is 0 Å². The summed E-state index contributed by atoms with van der Waals surface area (Å²) < 4.78 is 2.00. The molecule has 5 heteroatoms. The molecule has 1 aromatic carbocycles. The summed E-state index contributed by atoms with van der Waals surface area (Å²) in [5.74, 6) is 2.02. The number of aryl methyl sites for hydroxylation is 1. The van der Waals surface area contributed by atoms with Crippen molar-refractivity contribution in [3.8, 4) is 5.69 Å². The van der Waals surface area contributed by atoms with E-state index in [1.165, 1.54) is 18.5 Å². The highest BCUT2D eigenvalue weighted by atomic mass is 35.5.